The van der Waals surface area contributed by atoms with Crippen molar-refractivity contribution in [3.05, 3.63) is 35.4 Å². The summed E-state index contributed by atoms with van der Waals surface area (Å²) >= 11 is 0. The molecule has 0 radical (unpaired) electrons. The van der Waals surface area contributed by atoms with Gasteiger partial charge in [-0.2, -0.15) is 0 Å². The zero-order valence-corrected chi connectivity index (χ0v) is 13.3. The van der Waals surface area contributed by atoms with Crippen LogP contribution in [0.15, 0.2) is 24.3 Å². The van der Waals surface area contributed by atoms with Crippen LogP contribution in [-0.2, 0) is 0 Å². The molecule has 0 aliphatic carbocycles. The van der Waals surface area contributed by atoms with Crippen LogP contribution in [-0.4, -0.2) is 42.9 Å². The van der Waals surface area contributed by atoms with Crippen molar-refractivity contribution in [3.63, 3.8) is 0 Å². The van der Waals surface area contributed by atoms with E-state index in [0.717, 1.165) is 12.8 Å². The maximum absolute atomic E-state index is 12.3. The Labute approximate surface area is 126 Å². The van der Waals surface area contributed by atoms with Crippen LogP contribution < -0.4 is 11.1 Å². The largest absolute Gasteiger partial charge is 0.345 e. The van der Waals surface area contributed by atoms with E-state index in [2.05, 4.69) is 5.32 Å². The number of amides is 2. The summed E-state index contributed by atoms with van der Waals surface area (Å²) in [5.41, 5.74) is 6.52. The van der Waals surface area contributed by atoms with Crippen LogP contribution in [0.4, 0.5) is 0 Å². The summed E-state index contributed by atoms with van der Waals surface area (Å²) in [4.78, 5) is 25.6. The number of nitrogens with two attached hydrogens (primary N) is 1. The van der Waals surface area contributed by atoms with Crippen LogP contribution in [0.1, 0.15) is 47.4 Å². The summed E-state index contributed by atoms with van der Waals surface area (Å²) in [5, 5.41) is 3.01. The highest BCUT2D eigenvalue weighted by molar-refractivity contribution is 5.97. The van der Waals surface area contributed by atoms with Gasteiger partial charge in [-0.3, -0.25) is 9.59 Å². The molecule has 3 N–H and O–H groups in total. The lowest BCUT2D eigenvalue weighted by Gasteiger charge is -2.31. The van der Waals surface area contributed by atoms with E-state index in [1.165, 1.54) is 4.90 Å². The molecule has 5 nitrogen and oxygen atoms in total. The SMILES string of the molecule is CCC(CC)(CN)NC(=O)c1ccc(C(=O)N(C)C)cc1. The van der Waals surface area contributed by atoms with Crippen molar-refractivity contribution in [3.8, 4) is 0 Å². The van der Waals surface area contributed by atoms with Crippen molar-refractivity contribution in [1.29, 1.82) is 0 Å². The molecule has 0 unspecified atom stereocenters. The van der Waals surface area contributed by atoms with Gasteiger partial charge in [-0.1, -0.05) is 13.8 Å². The maximum atomic E-state index is 12.3. The molecule has 0 atom stereocenters. The lowest BCUT2D eigenvalue weighted by Crippen LogP contribution is -2.52. The number of carbonyl (C=O) groups excluding carboxylic acids is 2. The quantitative estimate of drug-likeness (QED) is 0.836. The Morgan fingerprint density at radius 1 is 1.10 bits per heavy atom. The van der Waals surface area contributed by atoms with Crippen molar-refractivity contribution in [1.82, 2.24) is 10.2 Å². The summed E-state index contributed by atoms with van der Waals surface area (Å²) in [6.07, 6.45) is 1.56. The third-order valence-corrected chi connectivity index (χ3v) is 3.92. The van der Waals surface area contributed by atoms with E-state index < -0.39 is 0 Å². The number of hydrogen-bond donors (Lipinski definition) is 2. The van der Waals surface area contributed by atoms with Crippen molar-refractivity contribution in [2.24, 2.45) is 5.73 Å². The standard InChI is InChI=1S/C16H25N3O2/c1-5-16(6-2,11-17)18-14(20)12-7-9-13(10-8-12)15(21)19(3)4/h7-10H,5-6,11,17H2,1-4H3,(H,18,20). The molecular weight excluding hydrogens is 266 g/mol. The van der Waals surface area contributed by atoms with Crippen LogP contribution in [0.5, 0.6) is 0 Å². The van der Waals surface area contributed by atoms with Gasteiger partial charge in [0.2, 0.25) is 0 Å². The fourth-order valence-electron chi connectivity index (χ4n) is 2.10. The van der Waals surface area contributed by atoms with E-state index in [-0.39, 0.29) is 17.4 Å². The van der Waals surface area contributed by atoms with Gasteiger partial charge in [0.25, 0.3) is 11.8 Å². The molecule has 1 aromatic rings. The molecule has 0 fully saturated rings. The second-order valence-electron chi connectivity index (χ2n) is 5.42. The van der Waals surface area contributed by atoms with Crippen molar-refractivity contribution in [2.45, 2.75) is 32.2 Å². The van der Waals surface area contributed by atoms with Gasteiger partial charge in [0, 0.05) is 31.8 Å². The third-order valence-electron chi connectivity index (χ3n) is 3.92. The van der Waals surface area contributed by atoms with E-state index >= 15 is 0 Å². The van der Waals surface area contributed by atoms with Crippen LogP contribution in [0.2, 0.25) is 0 Å². The summed E-state index contributed by atoms with van der Waals surface area (Å²) in [7, 11) is 3.39. The minimum atomic E-state index is -0.366. The van der Waals surface area contributed by atoms with Crippen LogP contribution in [0.3, 0.4) is 0 Å². The van der Waals surface area contributed by atoms with Gasteiger partial charge < -0.3 is 16.0 Å². The van der Waals surface area contributed by atoms with E-state index in [1.807, 2.05) is 13.8 Å². The first-order chi connectivity index (χ1) is 9.89. The van der Waals surface area contributed by atoms with Crippen molar-refractivity contribution in [2.75, 3.05) is 20.6 Å². The monoisotopic (exact) mass is 291 g/mol. The number of rotatable bonds is 6. The van der Waals surface area contributed by atoms with Gasteiger partial charge in [0.05, 0.1) is 5.54 Å². The van der Waals surface area contributed by atoms with E-state index in [1.54, 1.807) is 38.4 Å². The molecule has 1 rings (SSSR count). The Morgan fingerprint density at radius 3 is 1.95 bits per heavy atom. The average Bonchev–Trinajstić information content (AvgIpc) is 2.52. The maximum Gasteiger partial charge on any atom is 0.253 e. The van der Waals surface area contributed by atoms with Gasteiger partial charge >= 0.3 is 0 Å². The lowest BCUT2D eigenvalue weighted by atomic mass is 9.92. The van der Waals surface area contributed by atoms with Gasteiger partial charge in [-0.15, -0.1) is 0 Å². The zero-order valence-electron chi connectivity index (χ0n) is 13.3. The lowest BCUT2D eigenvalue weighted by molar-refractivity contribution is 0.0825. The molecule has 0 heterocycles. The van der Waals surface area contributed by atoms with Crippen molar-refractivity contribution < 1.29 is 9.59 Å². The number of nitrogens with one attached hydrogen (secondary N) is 1. The van der Waals surface area contributed by atoms with Crippen LogP contribution >= 0.6 is 0 Å². The minimum absolute atomic E-state index is 0.0830. The van der Waals surface area contributed by atoms with Crippen LogP contribution in [0.25, 0.3) is 0 Å². The number of benzene rings is 1. The molecule has 0 aliphatic heterocycles. The summed E-state index contributed by atoms with van der Waals surface area (Å²) < 4.78 is 0. The Hall–Kier alpha value is -1.88. The number of nitrogens with zero attached hydrogens (tertiary/aromatic N) is 1. The molecule has 2 amide bonds. The molecule has 0 aliphatic rings. The topological polar surface area (TPSA) is 75.4 Å². The van der Waals surface area contributed by atoms with Gasteiger partial charge in [-0.05, 0) is 37.1 Å². The normalized spacial score (nSPS) is 11.1. The fraction of sp³-hybridized carbons (Fsp3) is 0.500. The molecule has 1 aromatic carbocycles. The highest BCUT2D eigenvalue weighted by Gasteiger charge is 2.26. The molecule has 116 valence electrons. The summed E-state index contributed by atoms with van der Waals surface area (Å²) in [5.74, 6) is -0.242. The number of carbonyl (C=O) groups is 2. The van der Waals surface area contributed by atoms with Gasteiger partial charge in [0.1, 0.15) is 0 Å². The Kier molecular flexibility index (Phi) is 5.90. The first-order valence-electron chi connectivity index (χ1n) is 7.23. The smallest absolute Gasteiger partial charge is 0.253 e. The van der Waals surface area contributed by atoms with E-state index in [4.69, 9.17) is 5.73 Å². The highest BCUT2D eigenvalue weighted by atomic mass is 16.2. The number of hydrogen-bond acceptors (Lipinski definition) is 3. The average molecular weight is 291 g/mol. The molecule has 5 heteroatoms. The Balaban J connectivity index is 2.87. The highest BCUT2D eigenvalue weighted by Crippen LogP contribution is 2.15. The molecule has 0 aromatic heterocycles. The van der Waals surface area contributed by atoms with E-state index in [9.17, 15) is 9.59 Å². The molecule has 0 spiro atoms. The predicted octanol–water partition coefficient (Wildman–Crippen LogP) is 1.64. The first-order valence-corrected chi connectivity index (χ1v) is 7.23. The second-order valence-corrected chi connectivity index (χ2v) is 5.42. The van der Waals surface area contributed by atoms with Crippen LogP contribution in [0, 0.1) is 0 Å². The minimum Gasteiger partial charge on any atom is -0.345 e. The first kappa shape index (κ1) is 17.2. The predicted molar refractivity (Wildman–Crippen MR) is 84.3 cm³/mol. The van der Waals surface area contributed by atoms with Gasteiger partial charge in [0.15, 0.2) is 0 Å². The summed E-state index contributed by atoms with van der Waals surface area (Å²) in [6.45, 7) is 4.42. The third kappa shape index (κ3) is 4.04. The molecule has 0 bridgehead atoms. The fourth-order valence-corrected chi connectivity index (χ4v) is 2.10. The molecule has 21 heavy (non-hydrogen) atoms. The van der Waals surface area contributed by atoms with Gasteiger partial charge in [-0.25, -0.2) is 0 Å². The Morgan fingerprint density at radius 2 is 1.57 bits per heavy atom. The molecular formula is C16H25N3O2. The zero-order chi connectivity index (χ0) is 16.0. The summed E-state index contributed by atoms with van der Waals surface area (Å²) in [6, 6.07) is 6.66. The molecule has 0 saturated carbocycles. The van der Waals surface area contributed by atoms with Crippen molar-refractivity contribution >= 4 is 11.8 Å². The Bertz CT molecular complexity index is 482. The van der Waals surface area contributed by atoms with E-state index in [0.29, 0.717) is 17.7 Å². The second kappa shape index (κ2) is 7.22. The molecule has 0 saturated heterocycles.